The van der Waals surface area contributed by atoms with Crippen molar-refractivity contribution < 1.29 is 14.6 Å². The number of ether oxygens (including phenoxy) is 1. The molecule has 0 amide bonds. The first kappa shape index (κ1) is 10.3. The number of rotatable bonds is 4. The summed E-state index contributed by atoms with van der Waals surface area (Å²) in [6.45, 7) is 5.41. The van der Waals surface area contributed by atoms with E-state index in [0.717, 1.165) is 0 Å². The Morgan fingerprint density at radius 1 is 1.64 bits per heavy atom. The van der Waals surface area contributed by atoms with E-state index in [1.54, 1.807) is 18.2 Å². The number of aromatic carboxylic acids is 1. The Morgan fingerprint density at radius 2 is 2.36 bits per heavy atom. The van der Waals surface area contributed by atoms with Gasteiger partial charge < -0.3 is 9.84 Å². The van der Waals surface area contributed by atoms with Crippen molar-refractivity contribution in [1.82, 2.24) is 0 Å². The average molecular weight is 192 g/mol. The lowest BCUT2D eigenvalue weighted by Gasteiger charge is -2.10. The van der Waals surface area contributed by atoms with Gasteiger partial charge in [0.1, 0.15) is 11.9 Å². The van der Waals surface area contributed by atoms with Crippen LogP contribution in [0.1, 0.15) is 17.3 Å². The molecule has 0 aliphatic rings. The molecule has 0 aromatic heterocycles. The largest absolute Gasteiger partial charge is 0.487 e. The molecule has 1 atom stereocenters. The van der Waals surface area contributed by atoms with E-state index >= 15 is 0 Å². The van der Waals surface area contributed by atoms with E-state index in [2.05, 4.69) is 6.58 Å². The molecule has 0 saturated carbocycles. The van der Waals surface area contributed by atoms with Crippen molar-refractivity contribution in [3.05, 3.63) is 42.5 Å². The summed E-state index contributed by atoms with van der Waals surface area (Å²) < 4.78 is 5.37. The first-order valence-electron chi connectivity index (χ1n) is 4.26. The SMILES string of the molecule is C=CC(C)Oc1cccc(C(=O)O)c1. The van der Waals surface area contributed by atoms with Crippen molar-refractivity contribution in [2.75, 3.05) is 0 Å². The van der Waals surface area contributed by atoms with E-state index < -0.39 is 5.97 Å². The Kier molecular flexibility index (Phi) is 3.29. The molecular formula is C11H12O3. The van der Waals surface area contributed by atoms with Crippen LogP contribution in [0.4, 0.5) is 0 Å². The third-order valence-corrected chi connectivity index (χ3v) is 1.73. The quantitative estimate of drug-likeness (QED) is 0.745. The predicted octanol–water partition coefficient (Wildman–Crippen LogP) is 2.34. The highest BCUT2D eigenvalue weighted by Gasteiger charge is 2.04. The van der Waals surface area contributed by atoms with Crippen molar-refractivity contribution in [1.29, 1.82) is 0 Å². The first-order valence-corrected chi connectivity index (χ1v) is 4.26. The van der Waals surface area contributed by atoms with Gasteiger partial charge in [0.25, 0.3) is 0 Å². The second-order valence-electron chi connectivity index (χ2n) is 2.89. The molecule has 0 fully saturated rings. The van der Waals surface area contributed by atoms with E-state index in [4.69, 9.17) is 9.84 Å². The molecule has 1 rings (SSSR count). The van der Waals surface area contributed by atoms with Crippen LogP contribution in [0.5, 0.6) is 5.75 Å². The number of carbonyl (C=O) groups is 1. The van der Waals surface area contributed by atoms with Crippen molar-refractivity contribution in [2.45, 2.75) is 13.0 Å². The second-order valence-corrected chi connectivity index (χ2v) is 2.89. The summed E-state index contributed by atoms with van der Waals surface area (Å²) in [4.78, 5) is 10.6. The van der Waals surface area contributed by atoms with E-state index in [9.17, 15) is 4.79 Å². The minimum Gasteiger partial charge on any atom is -0.487 e. The maximum atomic E-state index is 10.6. The van der Waals surface area contributed by atoms with Crippen LogP contribution in [-0.2, 0) is 0 Å². The van der Waals surface area contributed by atoms with Crippen LogP contribution in [0.3, 0.4) is 0 Å². The highest BCUT2D eigenvalue weighted by atomic mass is 16.5. The summed E-state index contributed by atoms with van der Waals surface area (Å²) in [5.41, 5.74) is 0.221. The van der Waals surface area contributed by atoms with E-state index in [1.165, 1.54) is 12.1 Å². The van der Waals surface area contributed by atoms with Gasteiger partial charge in [-0.15, -0.1) is 0 Å². The first-order chi connectivity index (χ1) is 6.63. The average Bonchev–Trinajstić information content (AvgIpc) is 2.18. The third kappa shape index (κ3) is 2.62. The third-order valence-electron chi connectivity index (χ3n) is 1.73. The van der Waals surface area contributed by atoms with Crippen LogP contribution < -0.4 is 4.74 Å². The molecule has 1 unspecified atom stereocenters. The molecule has 1 aromatic carbocycles. The van der Waals surface area contributed by atoms with Crippen LogP contribution in [0.2, 0.25) is 0 Å². The predicted molar refractivity (Wildman–Crippen MR) is 53.7 cm³/mol. The van der Waals surface area contributed by atoms with Gasteiger partial charge in [0.15, 0.2) is 0 Å². The fourth-order valence-electron chi connectivity index (χ4n) is 0.965. The zero-order chi connectivity index (χ0) is 10.6. The molecule has 0 aliphatic carbocycles. The molecule has 0 radical (unpaired) electrons. The highest BCUT2D eigenvalue weighted by molar-refractivity contribution is 5.87. The number of carboxylic acid groups (broad SMARTS) is 1. The van der Waals surface area contributed by atoms with Gasteiger partial charge in [-0.05, 0) is 25.1 Å². The lowest BCUT2D eigenvalue weighted by molar-refractivity contribution is 0.0696. The molecule has 14 heavy (non-hydrogen) atoms. The number of hydrogen-bond acceptors (Lipinski definition) is 2. The molecule has 0 saturated heterocycles. The van der Waals surface area contributed by atoms with Gasteiger partial charge in [0, 0.05) is 0 Å². The van der Waals surface area contributed by atoms with E-state index in [0.29, 0.717) is 5.75 Å². The fraction of sp³-hybridized carbons (Fsp3) is 0.182. The van der Waals surface area contributed by atoms with Crippen LogP contribution in [-0.4, -0.2) is 17.2 Å². The van der Waals surface area contributed by atoms with Crippen LogP contribution in [0, 0.1) is 0 Å². The normalized spacial score (nSPS) is 11.8. The molecular weight excluding hydrogens is 180 g/mol. The minimum atomic E-state index is -0.957. The fourth-order valence-corrected chi connectivity index (χ4v) is 0.965. The Balaban J connectivity index is 2.83. The van der Waals surface area contributed by atoms with Gasteiger partial charge in [-0.3, -0.25) is 0 Å². The summed E-state index contributed by atoms with van der Waals surface area (Å²) >= 11 is 0. The lowest BCUT2D eigenvalue weighted by atomic mass is 10.2. The number of benzene rings is 1. The Morgan fingerprint density at radius 3 is 2.93 bits per heavy atom. The molecule has 1 aromatic rings. The van der Waals surface area contributed by atoms with Crippen molar-refractivity contribution in [3.8, 4) is 5.75 Å². The van der Waals surface area contributed by atoms with Crippen LogP contribution in [0.25, 0.3) is 0 Å². The molecule has 3 nitrogen and oxygen atoms in total. The van der Waals surface area contributed by atoms with Gasteiger partial charge in [0.05, 0.1) is 5.56 Å². The Hall–Kier alpha value is -1.77. The minimum absolute atomic E-state index is 0.126. The molecule has 3 heteroatoms. The van der Waals surface area contributed by atoms with Gasteiger partial charge in [-0.25, -0.2) is 4.79 Å². The molecule has 1 N–H and O–H groups in total. The lowest BCUT2D eigenvalue weighted by Crippen LogP contribution is -2.07. The van der Waals surface area contributed by atoms with Gasteiger partial charge in [0.2, 0.25) is 0 Å². The standard InChI is InChI=1S/C11H12O3/c1-3-8(2)14-10-6-4-5-9(7-10)11(12)13/h3-8H,1H2,2H3,(H,12,13). The van der Waals surface area contributed by atoms with Gasteiger partial charge >= 0.3 is 5.97 Å². The van der Waals surface area contributed by atoms with Gasteiger partial charge in [-0.1, -0.05) is 18.7 Å². The summed E-state index contributed by atoms with van der Waals surface area (Å²) in [7, 11) is 0. The topological polar surface area (TPSA) is 46.5 Å². The molecule has 0 spiro atoms. The summed E-state index contributed by atoms with van der Waals surface area (Å²) in [6, 6.07) is 6.37. The molecule has 0 aliphatic heterocycles. The zero-order valence-electron chi connectivity index (χ0n) is 7.93. The van der Waals surface area contributed by atoms with Crippen molar-refractivity contribution >= 4 is 5.97 Å². The maximum Gasteiger partial charge on any atom is 0.335 e. The zero-order valence-corrected chi connectivity index (χ0v) is 7.93. The summed E-state index contributed by atoms with van der Waals surface area (Å²) in [5, 5.41) is 8.72. The Labute approximate surface area is 82.6 Å². The van der Waals surface area contributed by atoms with E-state index in [-0.39, 0.29) is 11.7 Å². The number of carboxylic acids is 1. The monoisotopic (exact) mass is 192 g/mol. The van der Waals surface area contributed by atoms with E-state index in [1.807, 2.05) is 6.92 Å². The maximum absolute atomic E-state index is 10.6. The second kappa shape index (κ2) is 4.46. The highest BCUT2D eigenvalue weighted by Crippen LogP contribution is 2.14. The smallest absolute Gasteiger partial charge is 0.335 e. The Bertz CT molecular complexity index is 344. The van der Waals surface area contributed by atoms with Crippen molar-refractivity contribution in [3.63, 3.8) is 0 Å². The van der Waals surface area contributed by atoms with Crippen LogP contribution >= 0.6 is 0 Å². The molecule has 0 bridgehead atoms. The molecule has 74 valence electrons. The van der Waals surface area contributed by atoms with Crippen molar-refractivity contribution in [2.24, 2.45) is 0 Å². The molecule has 0 heterocycles. The summed E-state index contributed by atoms with van der Waals surface area (Å²) in [6.07, 6.45) is 1.52. The summed E-state index contributed by atoms with van der Waals surface area (Å²) in [5.74, 6) is -0.418. The number of hydrogen-bond donors (Lipinski definition) is 1. The van der Waals surface area contributed by atoms with Crippen LogP contribution in [0.15, 0.2) is 36.9 Å². The van der Waals surface area contributed by atoms with Gasteiger partial charge in [-0.2, -0.15) is 0 Å².